The molecule has 0 aliphatic heterocycles. The second kappa shape index (κ2) is 5.94. The van der Waals surface area contributed by atoms with Gasteiger partial charge < -0.3 is 9.47 Å². The predicted octanol–water partition coefficient (Wildman–Crippen LogP) is 1.88. The molecular formula is C15H22O5. The van der Waals surface area contributed by atoms with E-state index < -0.39 is 23.3 Å². The Morgan fingerprint density at radius 1 is 1.20 bits per heavy atom. The molecule has 2 unspecified atom stereocenters. The summed E-state index contributed by atoms with van der Waals surface area (Å²) in [5.74, 6) is -2.01. The molecule has 2 atom stereocenters. The van der Waals surface area contributed by atoms with Crippen LogP contribution in [0.25, 0.3) is 0 Å². The van der Waals surface area contributed by atoms with E-state index in [0.717, 1.165) is 19.3 Å². The van der Waals surface area contributed by atoms with Crippen LogP contribution in [0.4, 0.5) is 0 Å². The molecule has 0 heterocycles. The maximum absolute atomic E-state index is 12.3. The normalized spacial score (nSPS) is 28.6. The molecule has 0 saturated heterocycles. The van der Waals surface area contributed by atoms with Crippen molar-refractivity contribution in [2.75, 3.05) is 13.2 Å². The summed E-state index contributed by atoms with van der Waals surface area (Å²) in [7, 11) is 0. The lowest BCUT2D eigenvalue weighted by molar-refractivity contribution is -0.169. The highest BCUT2D eigenvalue weighted by Crippen LogP contribution is 2.57. The summed E-state index contributed by atoms with van der Waals surface area (Å²) < 4.78 is 10.1. The lowest BCUT2D eigenvalue weighted by Crippen LogP contribution is -2.44. The Morgan fingerprint density at radius 3 is 2.35 bits per heavy atom. The first-order valence-electron chi connectivity index (χ1n) is 7.42. The maximum atomic E-state index is 12.3. The summed E-state index contributed by atoms with van der Waals surface area (Å²) in [5.41, 5.74) is -0.560. The van der Waals surface area contributed by atoms with Gasteiger partial charge in [-0.1, -0.05) is 6.42 Å². The quantitative estimate of drug-likeness (QED) is 0.569. The number of rotatable bonds is 5. The van der Waals surface area contributed by atoms with Crippen molar-refractivity contribution in [3.8, 4) is 0 Å². The van der Waals surface area contributed by atoms with Gasteiger partial charge in [-0.3, -0.25) is 14.4 Å². The molecule has 2 fully saturated rings. The largest absolute Gasteiger partial charge is 0.465 e. The molecule has 0 radical (unpaired) electrons. The Balaban J connectivity index is 2.32. The van der Waals surface area contributed by atoms with Crippen LogP contribution in [0.2, 0.25) is 0 Å². The Morgan fingerprint density at radius 2 is 1.80 bits per heavy atom. The Kier molecular flexibility index (Phi) is 4.45. The maximum Gasteiger partial charge on any atom is 0.320 e. The molecule has 0 N–H and O–H groups in total. The first kappa shape index (κ1) is 15.0. The Bertz CT molecular complexity index is 398. The van der Waals surface area contributed by atoms with E-state index in [4.69, 9.17) is 9.47 Å². The van der Waals surface area contributed by atoms with Crippen molar-refractivity contribution >= 4 is 17.7 Å². The summed E-state index contributed by atoms with van der Waals surface area (Å²) >= 11 is 0. The summed E-state index contributed by atoms with van der Waals surface area (Å²) in [6.07, 6.45) is 3.43. The van der Waals surface area contributed by atoms with Crippen LogP contribution < -0.4 is 0 Å². The summed E-state index contributed by atoms with van der Waals surface area (Å²) in [5, 5.41) is 0. The third-order valence-electron chi connectivity index (χ3n) is 4.67. The monoisotopic (exact) mass is 282 g/mol. The number of esters is 2. The van der Waals surface area contributed by atoms with Gasteiger partial charge in [0.2, 0.25) is 0 Å². The topological polar surface area (TPSA) is 69.7 Å². The third-order valence-corrected chi connectivity index (χ3v) is 4.67. The highest BCUT2D eigenvalue weighted by molar-refractivity contribution is 5.98. The molecule has 20 heavy (non-hydrogen) atoms. The SMILES string of the molecule is CCOC(=O)C(C(=O)OCC)C12CCCC1C(=O)CC2. The van der Waals surface area contributed by atoms with Crippen LogP contribution in [-0.2, 0) is 23.9 Å². The van der Waals surface area contributed by atoms with E-state index in [1.807, 2.05) is 0 Å². The van der Waals surface area contributed by atoms with E-state index in [2.05, 4.69) is 0 Å². The van der Waals surface area contributed by atoms with Gasteiger partial charge in [-0.25, -0.2) is 0 Å². The van der Waals surface area contributed by atoms with Crippen molar-refractivity contribution in [3.63, 3.8) is 0 Å². The van der Waals surface area contributed by atoms with E-state index in [-0.39, 0.29) is 24.9 Å². The van der Waals surface area contributed by atoms with Crippen molar-refractivity contribution < 1.29 is 23.9 Å². The van der Waals surface area contributed by atoms with Crippen LogP contribution in [0.3, 0.4) is 0 Å². The molecule has 2 rings (SSSR count). The number of hydrogen-bond acceptors (Lipinski definition) is 5. The van der Waals surface area contributed by atoms with Gasteiger partial charge in [0.25, 0.3) is 0 Å². The lowest BCUT2D eigenvalue weighted by Gasteiger charge is -2.34. The van der Waals surface area contributed by atoms with Crippen LogP contribution in [0.1, 0.15) is 46.0 Å². The van der Waals surface area contributed by atoms with E-state index in [0.29, 0.717) is 12.8 Å². The first-order valence-corrected chi connectivity index (χ1v) is 7.42. The molecule has 0 aromatic heterocycles. The van der Waals surface area contributed by atoms with E-state index >= 15 is 0 Å². The van der Waals surface area contributed by atoms with Crippen molar-refractivity contribution in [2.24, 2.45) is 17.3 Å². The number of fused-ring (bicyclic) bond motifs is 1. The molecule has 5 nitrogen and oxygen atoms in total. The minimum Gasteiger partial charge on any atom is -0.465 e. The smallest absolute Gasteiger partial charge is 0.320 e. The van der Waals surface area contributed by atoms with Gasteiger partial charge in [-0.2, -0.15) is 0 Å². The van der Waals surface area contributed by atoms with Crippen LogP contribution in [0, 0.1) is 17.3 Å². The minimum absolute atomic E-state index is 0.179. The second-order valence-corrected chi connectivity index (χ2v) is 5.58. The van der Waals surface area contributed by atoms with Crippen molar-refractivity contribution in [1.82, 2.24) is 0 Å². The molecule has 0 bridgehead atoms. The number of Topliss-reactive ketones (excluding diaryl/α,β-unsaturated/α-hetero) is 1. The molecular weight excluding hydrogens is 260 g/mol. The second-order valence-electron chi connectivity index (χ2n) is 5.58. The molecule has 5 heteroatoms. The first-order chi connectivity index (χ1) is 9.56. The van der Waals surface area contributed by atoms with Gasteiger partial charge in [0.15, 0.2) is 5.92 Å². The standard InChI is InChI=1S/C15H22O5/c1-3-19-13(17)12(14(18)20-4-2)15-8-5-6-10(15)11(16)7-9-15/h10,12H,3-9H2,1-2H3. The van der Waals surface area contributed by atoms with Gasteiger partial charge in [0.05, 0.1) is 13.2 Å². The molecule has 0 amide bonds. The molecule has 2 aliphatic rings. The van der Waals surface area contributed by atoms with Crippen LogP contribution in [0.5, 0.6) is 0 Å². The fourth-order valence-corrected chi connectivity index (χ4v) is 3.91. The lowest BCUT2D eigenvalue weighted by atomic mass is 9.69. The Labute approximate surface area is 119 Å². The number of hydrogen-bond donors (Lipinski definition) is 0. The van der Waals surface area contributed by atoms with Gasteiger partial charge in [-0.15, -0.1) is 0 Å². The molecule has 2 aliphatic carbocycles. The van der Waals surface area contributed by atoms with Crippen molar-refractivity contribution in [1.29, 1.82) is 0 Å². The summed E-state index contributed by atoms with van der Waals surface area (Å²) in [6, 6.07) is 0. The average Bonchev–Trinajstić information content (AvgIpc) is 2.93. The minimum atomic E-state index is -0.943. The van der Waals surface area contributed by atoms with Gasteiger partial charge in [0.1, 0.15) is 5.78 Å². The van der Waals surface area contributed by atoms with Gasteiger partial charge in [-0.05, 0) is 33.1 Å². The summed E-state index contributed by atoms with van der Waals surface area (Å²) in [6.45, 7) is 3.88. The fourth-order valence-electron chi connectivity index (χ4n) is 3.91. The molecule has 2 saturated carbocycles. The zero-order valence-corrected chi connectivity index (χ0v) is 12.1. The average molecular weight is 282 g/mol. The zero-order chi connectivity index (χ0) is 14.8. The number of carbonyl (C=O) groups is 3. The predicted molar refractivity (Wildman–Crippen MR) is 70.8 cm³/mol. The van der Waals surface area contributed by atoms with Crippen molar-refractivity contribution in [3.05, 3.63) is 0 Å². The molecule has 0 spiro atoms. The number of carbonyl (C=O) groups excluding carboxylic acids is 3. The number of ether oxygens (including phenoxy) is 2. The van der Waals surface area contributed by atoms with Gasteiger partial charge >= 0.3 is 11.9 Å². The molecule has 112 valence electrons. The van der Waals surface area contributed by atoms with E-state index in [9.17, 15) is 14.4 Å². The summed E-state index contributed by atoms with van der Waals surface area (Å²) in [4.78, 5) is 36.5. The molecule has 0 aromatic rings. The van der Waals surface area contributed by atoms with E-state index in [1.54, 1.807) is 13.8 Å². The zero-order valence-electron chi connectivity index (χ0n) is 12.1. The van der Waals surface area contributed by atoms with E-state index in [1.165, 1.54) is 0 Å². The van der Waals surface area contributed by atoms with Crippen LogP contribution in [0.15, 0.2) is 0 Å². The van der Waals surface area contributed by atoms with Crippen LogP contribution in [-0.4, -0.2) is 30.9 Å². The number of ketones is 1. The highest BCUT2D eigenvalue weighted by Gasteiger charge is 2.60. The Hall–Kier alpha value is -1.39. The third kappa shape index (κ3) is 2.34. The van der Waals surface area contributed by atoms with Crippen molar-refractivity contribution in [2.45, 2.75) is 46.0 Å². The fraction of sp³-hybridized carbons (Fsp3) is 0.800. The molecule has 0 aromatic carbocycles. The van der Waals surface area contributed by atoms with Gasteiger partial charge in [0, 0.05) is 17.8 Å². The highest BCUT2D eigenvalue weighted by atomic mass is 16.6. The van der Waals surface area contributed by atoms with Crippen LogP contribution >= 0.6 is 0 Å².